The first-order chi connectivity index (χ1) is 10.8. The van der Waals surface area contributed by atoms with Gasteiger partial charge in [-0.05, 0) is 19.4 Å². The zero-order chi connectivity index (χ0) is 15.4. The van der Waals surface area contributed by atoms with Crippen LogP contribution in [0, 0.1) is 0 Å². The number of hydrogen-bond donors (Lipinski definition) is 1. The highest BCUT2D eigenvalue weighted by Gasteiger charge is 2.27. The van der Waals surface area contributed by atoms with Crippen LogP contribution in [0.15, 0.2) is 36.5 Å². The molecule has 1 amide bonds. The van der Waals surface area contributed by atoms with Crippen LogP contribution >= 0.6 is 36.2 Å². The van der Waals surface area contributed by atoms with E-state index in [0.717, 1.165) is 47.9 Å². The third kappa shape index (κ3) is 4.70. The van der Waals surface area contributed by atoms with Gasteiger partial charge in [0.15, 0.2) is 0 Å². The molecule has 1 saturated heterocycles. The second-order valence-corrected chi connectivity index (χ2v) is 6.57. The molecule has 0 saturated carbocycles. The van der Waals surface area contributed by atoms with Gasteiger partial charge in [0.1, 0.15) is 9.88 Å². The average Bonchev–Trinajstić information content (AvgIpc) is 3.24. The number of carbonyl (C=O) groups is 1. The van der Waals surface area contributed by atoms with Crippen molar-refractivity contribution in [3.05, 3.63) is 41.4 Å². The molecule has 1 N–H and O–H groups in total. The molecule has 2 aromatic rings. The third-order valence-corrected chi connectivity index (χ3v) is 4.97. The minimum Gasteiger partial charge on any atom is -0.334 e. The number of carbonyl (C=O) groups excluding carboxylic acids is 1. The van der Waals surface area contributed by atoms with Gasteiger partial charge in [-0.1, -0.05) is 37.3 Å². The van der Waals surface area contributed by atoms with E-state index in [-0.39, 0.29) is 30.7 Å². The molecule has 0 radical (unpaired) electrons. The lowest BCUT2D eigenvalue weighted by Gasteiger charge is -2.27. The number of nitrogens with one attached hydrogen (secondary N) is 1. The Hall–Kier alpha value is -1.14. The Balaban J connectivity index is 0.00000144. The lowest BCUT2D eigenvalue weighted by Crippen LogP contribution is -2.41. The summed E-state index contributed by atoms with van der Waals surface area (Å²) >= 11 is 1.48. The summed E-state index contributed by atoms with van der Waals surface area (Å²) in [6.45, 7) is 4.82. The van der Waals surface area contributed by atoms with E-state index in [4.69, 9.17) is 0 Å². The molecule has 1 unspecified atom stereocenters. The Morgan fingerprint density at radius 2 is 2.08 bits per heavy atom. The van der Waals surface area contributed by atoms with Crippen LogP contribution in [0.5, 0.6) is 0 Å². The highest BCUT2D eigenvalue weighted by atomic mass is 35.5. The number of hydrogen-bond acceptors (Lipinski definition) is 4. The Labute approximate surface area is 159 Å². The van der Waals surface area contributed by atoms with Crippen LogP contribution in [0.1, 0.15) is 29.4 Å². The van der Waals surface area contributed by atoms with E-state index in [1.807, 2.05) is 35.2 Å². The van der Waals surface area contributed by atoms with E-state index >= 15 is 0 Å². The van der Waals surface area contributed by atoms with Gasteiger partial charge >= 0.3 is 0 Å². The van der Waals surface area contributed by atoms with Crippen molar-refractivity contribution in [3.63, 3.8) is 0 Å². The lowest BCUT2D eigenvalue weighted by molar-refractivity contribution is 0.0697. The summed E-state index contributed by atoms with van der Waals surface area (Å²) in [5.41, 5.74) is 1.07. The molecule has 1 aromatic carbocycles. The monoisotopic (exact) mass is 387 g/mol. The molecule has 3 rings (SSSR count). The number of aromatic nitrogens is 1. The molecule has 7 heteroatoms. The zero-order valence-corrected chi connectivity index (χ0v) is 16.1. The number of benzene rings is 1. The molecule has 1 atom stereocenters. The molecule has 1 aliphatic heterocycles. The Morgan fingerprint density at radius 1 is 1.33 bits per heavy atom. The second kappa shape index (κ2) is 9.99. The maximum Gasteiger partial charge on any atom is 0.265 e. The van der Waals surface area contributed by atoms with Crippen LogP contribution in [0.25, 0.3) is 10.6 Å². The fraction of sp³-hybridized carbons (Fsp3) is 0.412. The maximum absolute atomic E-state index is 12.8. The van der Waals surface area contributed by atoms with E-state index in [0.29, 0.717) is 6.04 Å². The molecule has 1 aromatic heterocycles. The smallest absolute Gasteiger partial charge is 0.265 e. The van der Waals surface area contributed by atoms with E-state index < -0.39 is 0 Å². The van der Waals surface area contributed by atoms with Crippen LogP contribution in [0.2, 0.25) is 0 Å². The summed E-state index contributed by atoms with van der Waals surface area (Å²) in [7, 11) is 0. The summed E-state index contributed by atoms with van der Waals surface area (Å²) in [6, 6.07) is 10.3. The van der Waals surface area contributed by atoms with E-state index in [1.165, 1.54) is 11.3 Å². The first kappa shape index (κ1) is 20.9. The SMILES string of the molecule is CCCN(C(=O)c1cnc(-c2ccccc2)s1)C1CCNC1.Cl.Cl. The molecular weight excluding hydrogens is 365 g/mol. The summed E-state index contributed by atoms with van der Waals surface area (Å²) in [5.74, 6) is 0.121. The van der Waals surface area contributed by atoms with Gasteiger partial charge in [-0.2, -0.15) is 0 Å². The van der Waals surface area contributed by atoms with Gasteiger partial charge in [-0.15, -0.1) is 36.2 Å². The van der Waals surface area contributed by atoms with Crippen LogP contribution in [-0.2, 0) is 0 Å². The van der Waals surface area contributed by atoms with Crippen molar-refractivity contribution in [3.8, 4) is 10.6 Å². The largest absolute Gasteiger partial charge is 0.334 e. The molecule has 0 spiro atoms. The van der Waals surface area contributed by atoms with Gasteiger partial charge in [0.25, 0.3) is 5.91 Å². The van der Waals surface area contributed by atoms with Crippen molar-refractivity contribution in [1.29, 1.82) is 0 Å². The van der Waals surface area contributed by atoms with Crippen LogP contribution < -0.4 is 5.32 Å². The van der Waals surface area contributed by atoms with Crippen molar-refractivity contribution in [2.24, 2.45) is 0 Å². The van der Waals surface area contributed by atoms with Crippen molar-refractivity contribution in [2.45, 2.75) is 25.8 Å². The van der Waals surface area contributed by atoms with Gasteiger partial charge in [-0.25, -0.2) is 4.98 Å². The molecule has 0 aliphatic carbocycles. The quantitative estimate of drug-likeness (QED) is 0.846. The standard InChI is InChI=1S/C17H21N3OS.2ClH/c1-2-10-20(14-8-9-18-11-14)17(21)15-12-19-16(22-15)13-6-4-3-5-7-13;;/h3-7,12,14,18H,2,8-11H2,1H3;2*1H. The predicted molar refractivity (Wildman–Crippen MR) is 105 cm³/mol. The Bertz CT molecular complexity index is 630. The van der Waals surface area contributed by atoms with Crippen molar-refractivity contribution in [2.75, 3.05) is 19.6 Å². The third-order valence-electron chi connectivity index (χ3n) is 3.94. The minimum absolute atomic E-state index is 0. The highest BCUT2D eigenvalue weighted by Crippen LogP contribution is 2.26. The van der Waals surface area contributed by atoms with Crippen molar-refractivity contribution >= 4 is 42.1 Å². The predicted octanol–water partition coefficient (Wildman–Crippen LogP) is 3.87. The Morgan fingerprint density at radius 3 is 2.71 bits per heavy atom. The van der Waals surface area contributed by atoms with E-state index in [9.17, 15) is 4.79 Å². The Kier molecular flexibility index (Phi) is 8.70. The molecular formula is C17H23Cl2N3OS. The van der Waals surface area contributed by atoms with E-state index in [1.54, 1.807) is 6.20 Å². The molecule has 4 nitrogen and oxygen atoms in total. The number of halogens is 2. The fourth-order valence-corrected chi connectivity index (χ4v) is 3.70. The summed E-state index contributed by atoms with van der Waals surface area (Å²) in [6.07, 6.45) is 3.74. The van der Waals surface area contributed by atoms with Crippen LogP contribution in [0.4, 0.5) is 0 Å². The summed E-state index contributed by atoms with van der Waals surface area (Å²) in [4.78, 5) is 20.0. The topological polar surface area (TPSA) is 45.2 Å². The van der Waals surface area contributed by atoms with Crippen molar-refractivity contribution in [1.82, 2.24) is 15.2 Å². The van der Waals surface area contributed by atoms with Gasteiger partial charge in [0, 0.05) is 24.7 Å². The molecule has 132 valence electrons. The molecule has 0 bridgehead atoms. The first-order valence-electron chi connectivity index (χ1n) is 7.82. The molecule has 2 heterocycles. The maximum atomic E-state index is 12.8. The molecule has 24 heavy (non-hydrogen) atoms. The summed E-state index contributed by atoms with van der Waals surface area (Å²) in [5, 5.41) is 4.25. The van der Waals surface area contributed by atoms with Gasteiger partial charge in [0.05, 0.1) is 6.20 Å². The van der Waals surface area contributed by atoms with Crippen molar-refractivity contribution < 1.29 is 4.79 Å². The van der Waals surface area contributed by atoms with E-state index in [2.05, 4.69) is 17.2 Å². The van der Waals surface area contributed by atoms with Gasteiger partial charge in [0.2, 0.25) is 0 Å². The van der Waals surface area contributed by atoms with Crippen LogP contribution in [0.3, 0.4) is 0 Å². The van der Waals surface area contributed by atoms with Gasteiger partial charge < -0.3 is 10.2 Å². The fourth-order valence-electron chi connectivity index (χ4n) is 2.83. The lowest BCUT2D eigenvalue weighted by atomic mass is 10.2. The summed E-state index contributed by atoms with van der Waals surface area (Å²) < 4.78 is 0. The minimum atomic E-state index is 0. The number of thiazole rings is 1. The second-order valence-electron chi connectivity index (χ2n) is 5.54. The highest BCUT2D eigenvalue weighted by molar-refractivity contribution is 7.16. The number of amides is 1. The zero-order valence-electron chi connectivity index (χ0n) is 13.6. The normalized spacial score (nSPS) is 16.1. The average molecular weight is 388 g/mol. The number of rotatable bonds is 5. The first-order valence-corrected chi connectivity index (χ1v) is 8.64. The molecule has 1 fully saturated rings. The molecule has 1 aliphatic rings. The van der Waals surface area contributed by atoms with Crippen LogP contribution in [-0.4, -0.2) is 41.5 Å². The van der Waals surface area contributed by atoms with Gasteiger partial charge in [-0.3, -0.25) is 4.79 Å². The number of nitrogens with zero attached hydrogens (tertiary/aromatic N) is 2.